The fourth-order valence-electron chi connectivity index (χ4n) is 4.72. The van der Waals surface area contributed by atoms with Gasteiger partial charge >= 0.3 is 0 Å². The molecular weight excluding hydrogens is 260 g/mol. The minimum Gasteiger partial charge on any atom is -0.508 e. The molecule has 0 amide bonds. The third-order valence-electron chi connectivity index (χ3n) is 5.61. The number of phenolic OH excluding ortho intramolecular Hbond substituents is 2. The summed E-state index contributed by atoms with van der Waals surface area (Å²) in [7, 11) is 0. The Morgan fingerprint density at radius 1 is 0.762 bits per heavy atom. The molecule has 0 saturated heterocycles. The summed E-state index contributed by atoms with van der Waals surface area (Å²) in [4.78, 5) is 0. The Bertz CT molecular complexity index is 597. The van der Waals surface area contributed by atoms with Gasteiger partial charge in [-0.2, -0.15) is 0 Å². The number of hydrogen-bond donors (Lipinski definition) is 2. The van der Waals surface area contributed by atoms with Crippen molar-refractivity contribution >= 4 is 0 Å². The van der Waals surface area contributed by atoms with Gasteiger partial charge in [-0.25, -0.2) is 0 Å². The molecule has 0 spiro atoms. The van der Waals surface area contributed by atoms with E-state index in [0.717, 1.165) is 5.92 Å². The van der Waals surface area contributed by atoms with E-state index < -0.39 is 0 Å². The average Bonchev–Trinajstić information content (AvgIpc) is 3.10. The summed E-state index contributed by atoms with van der Waals surface area (Å²) in [5.41, 5.74) is 2.67. The van der Waals surface area contributed by atoms with E-state index in [1.165, 1.54) is 36.8 Å². The topological polar surface area (TPSA) is 40.5 Å². The van der Waals surface area contributed by atoms with Crippen LogP contribution in [0.3, 0.4) is 0 Å². The molecule has 21 heavy (non-hydrogen) atoms. The fourth-order valence-corrected chi connectivity index (χ4v) is 4.72. The van der Waals surface area contributed by atoms with E-state index in [0.29, 0.717) is 17.4 Å². The van der Waals surface area contributed by atoms with Crippen LogP contribution in [-0.4, -0.2) is 10.2 Å². The van der Waals surface area contributed by atoms with Crippen molar-refractivity contribution in [2.75, 3.05) is 0 Å². The number of phenols is 2. The van der Waals surface area contributed by atoms with Gasteiger partial charge in [0.1, 0.15) is 11.5 Å². The first-order chi connectivity index (χ1) is 10.2. The van der Waals surface area contributed by atoms with E-state index in [-0.39, 0.29) is 5.41 Å². The summed E-state index contributed by atoms with van der Waals surface area (Å²) >= 11 is 0. The van der Waals surface area contributed by atoms with Gasteiger partial charge in [-0.05, 0) is 66.5 Å². The van der Waals surface area contributed by atoms with Gasteiger partial charge in [0.05, 0.1) is 0 Å². The Balaban J connectivity index is 1.87. The SMILES string of the molecule is Oc1ccc(C2(c3ccc(O)cc3)C[C@H]3CC[C@@H]2C3)cc1. The largest absolute Gasteiger partial charge is 0.508 e. The van der Waals surface area contributed by atoms with E-state index >= 15 is 0 Å². The summed E-state index contributed by atoms with van der Waals surface area (Å²) in [5.74, 6) is 2.14. The number of rotatable bonds is 2. The van der Waals surface area contributed by atoms with Gasteiger partial charge in [0.15, 0.2) is 0 Å². The highest BCUT2D eigenvalue weighted by atomic mass is 16.3. The van der Waals surface area contributed by atoms with E-state index in [1.54, 1.807) is 24.3 Å². The molecule has 0 aromatic heterocycles. The molecule has 0 radical (unpaired) electrons. The molecule has 0 heterocycles. The summed E-state index contributed by atoms with van der Waals surface area (Å²) in [6, 6.07) is 15.5. The van der Waals surface area contributed by atoms with Crippen molar-refractivity contribution in [2.24, 2.45) is 11.8 Å². The molecule has 2 aromatic rings. The summed E-state index contributed by atoms with van der Waals surface area (Å²) in [6.07, 6.45) is 5.13. The van der Waals surface area contributed by atoms with Gasteiger partial charge in [0, 0.05) is 5.41 Å². The maximum atomic E-state index is 9.59. The molecule has 2 atom stereocenters. The lowest BCUT2D eigenvalue weighted by atomic mass is 9.64. The van der Waals surface area contributed by atoms with Crippen molar-refractivity contribution in [3.05, 3.63) is 59.7 Å². The van der Waals surface area contributed by atoms with Crippen molar-refractivity contribution in [2.45, 2.75) is 31.1 Å². The van der Waals surface area contributed by atoms with Crippen LogP contribution in [0, 0.1) is 11.8 Å². The Kier molecular flexibility index (Phi) is 2.75. The quantitative estimate of drug-likeness (QED) is 0.865. The van der Waals surface area contributed by atoms with Gasteiger partial charge < -0.3 is 10.2 Å². The standard InChI is InChI=1S/C19H20O2/c20-17-7-3-14(4-8-17)19(12-13-1-2-16(19)11-13)15-5-9-18(21)10-6-15/h3-10,13,16,20-21H,1-2,11-12H2/t13-,16+/m0/s1. The predicted molar refractivity (Wildman–Crippen MR) is 82.4 cm³/mol. The Morgan fingerprint density at radius 2 is 1.29 bits per heavy atom. The van der Waals surface area contributed by atoms with Gasteiger partial charge in [-0.1, -0.05) is 30.7 Å². The molecule has 2 saturated carbocycles. The second-order valence-corrected chi connectivity index (χ2v) is 6.65. The normalized spacial score (nSPS) is 26.1. The van der Waals surface area contributed by atoms with Crippen LogP contribution in [0.5, 0.6) is 11.5 Å². The van der Waals surface area contributed by atoms with E-state index in [9.17, 15) is 10.2 Å². The zero-order chi connectivity index (χ0) is 14.4. The van der Waals surface area contributed by atoms with Crippen LogP contribution in [0.2, 0.25) is 0 Å². The summed E-state index contributed by atoms with van der Waals surface area (Å²) in [6.45, 7) is 0. The molecular formula is C19H20O2. The lowest BCUT2D eigenvalue weighted by Gasteiger charge is -2.39. The first kappa shape index (κ1) is 12.8. The molecule has 2 bridgehead atoms. The minimum absolute atomic E-state index is 0.0598. The average molecular weight is 280 g/mol. The van der Waals surface area contributed by atoms with Crippen LogP contribution >= 0.6 is 0 Å². The molecule has 0 aliphatic heterocycles. The third-order valence-corrected chi connectivity index (χ3v) is 5.61. The molecule has 4 rings (SSSR count). The van der Waals surface area contributed by atoms with Gasteiger partial charge in [0.2, 0.25) is 0 Å². The van der Waals surface area contributed by atoms with Gasteiger partial charge in [-0.15, -0.1) is 0 Å². The highest BCUT2D eigenvalue weighted by molar-refractivity contribution is 5.45. The lowest BCUT2D eigenvalue weighted by molar-refractivity contribution is 0.319. The van der Waals surface area contributed by atoms with E-state index in [1.807, 2.05) is 0 Å². The smallest absolute Gasteiger partial charge is 0.115 e. The third kappa shape index (κ3) is 1.85. The van der Waals surface area contributed by atoms with E-state index in [2.05, 4.69) is 24.3 Å². The molecule has 0 unspecified atom stereocenters. The molecule has 2 N–H and O–H groups in total. The molecule has 2 nitrogen and oxygen atoms in total. The van der Waals surface area contributed by atoms with Crippen LogP contribution in [-0.2, 0) is 5.41 Å². The molecule has 2 heteroatoms. The number of benzene rings is 2. The first-order valence-corrected chi connectivity index (χ1v) is 7.77. The van der Waals surface area contributed by atoms with Gasteiger partial charge in [0.25, 0.3) is 0 Å². The van der Waals surface area contributed by atoms with Crippen LogP contribution in [0.1, 0.15) is 36.8 Å². The summed E-state index contributed by atoms with van der Waals surface area (Å²) < 4.78 is 0. The van der Waals surface area contributed by atoms with Crippen LogP contribution in [0.15, 0.2) is 48.5 Å². The van der Waals surface area contributed by atoms with Crippen molar-refractivity contribution in [3.8, 4) is 11.5 Å². The second kappa shape index (κ2) is 4.52. The van der Waals surface area contributed by atoms with Crippen LogP contribution in [0.25, 0.3) is 0 Å². The van der Waals surface area contributed by atoms with Crippen molar-refractivity contribution < 1.29 is 10.2 Å². The zero-order valence-corrected chi connectivity index (χ0v) is 12.0. The maximum absolute atomic E-state index is 9.59. The molecule has 2 aliphatic rings. The molecule has 108 valence electrons. The Morgan fingerprint density at radius 3 is 1.67 bits per heavy atom. The zero-order valence-electron chi connectivity index (χ0n) is 12.0. The molecule has 2 aliphatic carbocycles. The van der Waals surface area contributed by atoms with Gasteiger partial charge in [-0.3, -0.25) is 0 Å². The monoisotopic (exact) mass is 280 g/mol. The Hall–Kier alpha value is -1.96. The minimum atomic E-state index is 0.0598. The number of hydrogen-bond acceptors (Lipinski definition) is 2. The highest BCUT2D eigenvalue weighted by Crippen LogP contribution is 2.60. The lowest BCUT2D eigenvalue weighted by Crippen LogP contribution is -2.33. The fraction of sp³-hybridized carbons (Fsp3) is 0.368. The maximum Gasteiger partial charge on any atom is 0.115 e. The Labute approximate surface area is 125 Å². The second-order valence-electron chi connectivity index (χ2n) is 6.65. The summed E-state index contributed by atoms with van der Waals surface area (Å²) in [5, 5.41) is 19.2. The first-order valence-electron chi connectivity index (χ1n) is 7.77. The number of aromatic hydroxyl groups is 2. The van der Waals surface area contributed by atoms with Crippen molar-refractivity contribution in [1.29, 1.82) is 0 Å². The predicted octanol–water partition coefficient (Wildman–Crippen LogP) is 4.20. The molecule has 2 aromatic carbocycles. The molecule has 2 fully saturated rings. The van der Waals surface area contributed by atoms with Crippen LogP contribution in [0.4, 0.5) is 0 Å². The van der Waals surface area contributed by atoms with E-state index in [4.69, 9.17) is 0 Å². The van der Waals surface area contributed by atoms with Crippen molar-refractivity contribution in [3.63, 3.8) is 0 Å². The highest BCUT2D eigenvalue weighted by Gasteiger charge is 2.52. The van der Waals surface area contributed by atoms with Crippen molar-refractivity contribution in [1.82, 2.24) is 0 Å². The van der Waals surface area contributed by atoms with Crippen LogP contribution < -0.4 is 0 Å². The number of fused-ring (bicyclic) bond motifs is 2.